The average Bonchev–Trinajstić information content (AvgIpc) is 2.85. The molecule has 200 valence electrons. The van der Waals surface area contributed by atoms with E-state index in [1.54, 1.807) is 0 Å². The molecule has 37 heavy (non-hydrogen) atoms. The first-order valence-electron chi connectivity index (χ1n) is 11.1. The molecule has 6 unspecified atom stereocenters. The highest BCUT2D eigenvalue weighted by atomic mass is 16.7. The SMILES string of the molecule is COc1cc(C2[OH+]c3cc(O)cc(O)c3C=C2OC2OC(COC(C)=O)C(O)C(O)C2O)cc(O)c1O. The van der Waals surface area contributed by atoms with E-state index >= 15 is 0 Å². The van der Waals surface area contributed by atoms with Crippen molar-refractivity contribution in [3.63, 3.8) is 0 Å². The van der Waals surface area contributed by atoms with Gasteiger partial charge in [0.25, 0.3) is 11.9 Å². The highest BCUT2D eigenvalue weighted by Gasteiger charge is 2.47. The molecule has 2 aliphatic heterocycles. The third-order valence-electron chi connectivity index (χ3n) is 5.93. The van der Waals surface area contributed by atoms with Gasteiger partial charge >= 0.3 is 5.97 Å². The van der Waals surface area contributed by atoms with Crippen molar-refractivity contribution in [2.24, 2.45) is 0 Å². The van der Waals surface area contributed by atoms with E-state index in [0.717, 1.165) is 13.0 Å². The summed E-state index contributed by atoms with van der Waals surface area (Å²) in [5.74, 6) is -2.25. The summed E-state index contributed by atoms with van der Waals surface area (Å²) in [4.78, 5) is 11.2. The van der Waals surface area contributed by atoms with Crippen molar-refractivity contribution in [1.82, 2.24) is 0 Å². The molecule has 0 aliphatic carbocycles. The Kier molecular flexibility index (Phi) is 7.23. The van der Waals surface area contributed by atoms with E-state index in [0.29, 0.717) is 0 Å². The Morgan fingerprint density at radius 2 is 1.73 bits per heavy atom. The number of esters is 1. The number of fused-ring (bicyclic) bond motifs is 1. The van der Waals surface area contributed by atoms with E-state index < -0.39 is 60.9 Å². The number of rotatable bonds is 6. The molecule has 8 N–H and O–H groups in total. The third-order valence-corrected chi connectivity index (χ3v) is 5.93. The Morgan fingerprint density at radius 3 is 2.41 bits per heavy atom. The van der Waals surface area contributed by atoms with Gasteiger partial charge < -0.3 is 59.4 Å². The maximum Gasteiger partial charge on any atom is 0.302 e. The molecule has 4 rings (SSSR count). The third kappa shape index (κ3) is 5.15. The predicted octanol–water partition coefficient (Wildman–Crippen LogP) is 0.242. The van der Waals surface area contributed by atoms with Gasteiger partial charge in [0.15, 0.2) is 17.3 Å². The molecule has 0 radical (unpaired) electrons. The van der Waals surface area contributed by atoms with E-state index in [2.05, 4.69) is 4.74 Å². The van der Waals surface area contributed by atoms with Crippen LogP contribution in [0.25, 0.3) is 6.08 Å². The predicted molar refractivity (Wildman–Crippen MR) is 123 cm³/mol. The second-order valence-corrected chi connectivity index (χ2v) is 8.50. The number of carbonyl (C=O) groups excluding carboxylic acids is 1. The van der Waals surface area contributed by atoms with Gasteiger partial charge in [0, 0.05) is 19.1 Å². The quantitative estimate of drug-likeness (QED) is 0.154. The van der Waals surface area contributed by atoms with E-state index in [1.165, 1.54) is 31.4 Å². The van der Waals surface area contributed by atoms with E-state index in [9.17, 15) is 40.5 Å². The maximum absolute atomic E-state index is 11.2. The molecule has 6 atom stereocenters. The summed E-state index contributed by atoms with van der Waals surface area (Å²) in [5.41, 5.74) is 0.399. The van der Waals surface area contributed by atoms with Crippen molar-refractivity contribution in [3.05, 3.63) is 41.2 Å². The molecule has 13 heteroatoms. The first kappa shape index (κ1) is 26.2. The molecule has 2 heterocycles. The van der Waals surface area contributed by atoms with Crippen LogP contribution in [0.1, 0.15) is 24.2 Å². The molecule has 0 amide bonds. The van der Waals surface area contributed by atoms with Crippen molar-refractivity contribution < 1.29 is 64.2 Å². The first-order chi connectivity index (χ1) is 17.5. The summed E-state index contributed by atoms with van der Waals surface area (Å²) in [6, 6.07) is 4.93. The summed E-state index contributed by atoms with van der Waals surface area (Å²) in [6.45, 7) is 0.718. The number of hydrogen-bond acceptors (Lipinski definition) is 12. The summed E-state index contributed by atoms with van der Waals surface area (Å²) in [7, 11) is 1.27. The van der Waals surface area contributed by atoms with E-state index in [4.69, 9.17) is 18.9 Å². The molecule has 0 spiro atoms. The maximum atomic E-state index is 11.2. The van der Waals surface area contributed by atoms with Crippen molar-refractivity contribution in [2.75, 3.05) is 13.7 Å². The van der Waals surface area contributed by atoms with Crippen LogP contribution in [0.15, 0.2) is 30.0 Å². The second kappa shape index (κ2) is 10.2. The summed E-state index contributed by atoms with van der Waals surface area (Å²) < 4.78 is 25.9. The van der Waals surface area contributed by atoms with Gasteiger partial charge in [-0.15, -0.1) is 0 Å². The Labute approximate surface area is 209 Å². The van der Waals surface area contributed by atoms with Crippen molar-refractivity contribution in [2.45, 2.75) is 43.7 Å². The number of benzene rings is 2. The largest absolute Gasteiger partial charge is 0.571 e. The Bertz CT molecular complexity index is 1210. The van der Waals surface area contributed by atoms with Crippen LogP contribution in [-0.2, 0) is 19.0 Å². The standard InChI is InChI=1S/C24H26O13/c1-9(25)34-8-18-20(30)21(31)22(32)24(37-18)36-17-7-12-13(27)5-11(26)6-15(12)35-23(17)10-3-14(28)19(29)16(4-10)33-2/h3-7,18,20-24,26-32H,8H2,1-2H3/p+1. The van der Waals surface area contributed by atoms with Gasteiger partial charge in [-0.25, -0.2) is 0 Å². The lowest BCUT2D eigenvalue weighted by atomic mass is 9.98. The van der Waals surface area contributed by atoms with Crippen molar-refractivity contribution >= 4 is 12.0 Å². The van der Waals surface area contributed by atoms with E-state index in [1.807, 2.05) is 0 Å². The number of phenols is 4. The normalized spacial score (nSPS) is 26.9. The molecule has 2 aromatic carbocycles. The Morgan fingerprint density at radius 1 is 1.00 bits per heavy atom. The number of ether oxygens (including phenoxy) is 5. The minimum atomic E-state index is -1.75. The van der Waals surface area contributed by atoms with Crippen LogP contribution in [0.3, 0.4) is 0 Å². The lowest BCUT2D eigenvalue weighted by Gasteiger charge is -2.40. The molecule has 2 aromatic rings. The number of hydrogen-bond donors (Lipinski definition) is 7. The van der Waals surface area contributed by atoms with Gasteiger partial charge in [0.1, 0.15) is 48.1 Å². The first-order valence-corrected chi connectivity index (χ1v) is 11.1. The lowest BCUT2D eigenvalue weighted by molar-refractivity contribution is -0.296. The molecular weight excluding hydrogens is 496 g/mol. The molecule has 1 saturated heterocycles. The monoisotopic (exact) mass is 523 g/mol. The van der Waals surface area contributed by atoms with Crippen LogP contribution in [0.4, 0.5) is 0 Å². The minimum absolute atomic E-state index is 0.0421. The second-order valence-electron chi connectivity index (χ2n) is 8.50. The molecular formula is C24H27O13+. The van der Waals surface area contributed by atoms with Crippen LogP contribution in [0, 0.1) is 0 Å². The number of methoxy groups -OCH3 is 1. The molecule has 1 fully saturated rings. The number of aliphatic hydroxyl groups excluding tert-OH is 3. The Hall–Kier alpha value is -3.91. The fraction of sp³-hybridized carbons (Fsp3) is 0.375. The lowest BCUT2D eigenvalue weighted by Crippen LogP contribution is -2.59. The number of phenolic OH excluding ortho intramolecular Hbond substituents is 4. The van der Waals surface area contributed by atoms with E-state index in [-0.39, 0.29) is 39.9 Å². The highest BCUT2D eigenvalue weighted by molar-refractivity contribution is 5.69. The topological polar surface area (TPSA) is 208 Å². The van der Waals surface area contributed by atoms with Gasteiger partial charge in [-0.3, -0.25) is 4.79 Å². The zero-order chi connectivity index (χ0) is 27.0. The summed E-state index contributed by atoms with van der Waals surface area (Å²) in [6.07, 6.45) is -7.63. The van der Waals surface area contributed by atoms with Crippen LogP contribution in [0.2, 0.25) is 0 Å². The fourth-order valence-corrected chi connectivity index (χ4v) is 4.04. The fourth-order valence-electron chi connectivity index (χ4n) is 4.04. The smallest absolute Gasteiger partial charge is 0.302 e. The van der Waals surface area contributed by atoms with Crippen molar-refractivity contribution in [1.29, 1.82) is 0 Å². The average molecular weight is 523 g/mol. The zero-order valence-electron chi connectivity index (χ0n) is 19.7. The molecule has 0 saturated carbocycles. The number of aromatic hydroxyl groups is 5. The highest BCUT2D eigenvalue weighted by Crippen LogP contribution is 2.47. The van der Waals surface area contributed by atoms with Crippen molar-refractivity contribution in [3.8, 4) is 34.5 Å². The molecule has 2 aliphatic rings. The van der Waals surface area contributed by atoms with Crippen LogP contribution < -0.4 is 4.74 Å². The minimum Gasteiger partial charge on any atom is -0.571 e. The van der Waals surface area contributed by atoms with Crippen LogP contribution >= 0.6 is 0 Å². The summed E-state index contributed by atoms with van der Waals surface area (Å²) in [5, 5.41) is 71.6. The number of aliphatic hydroxyl groups is 4. The molecule has 0 bridgehead atoms. The van der Waals surface area contributed by atoms with Crippen LogP contribution in [-0.4, -0.2) is 90.9 Å². The zero-order valence-corrected chi connectivity index (χ0v) is 19.7. The molecule has 0 aromatic heterocycles. The van der Waals surface area contributed by atoms with Gasteiger partial charge in [0.2, 0.25) is 12.0 Å². The van der Waals surface area contributed by atoms with Gasteiger partial charge in [-0.2, -0.15) is 0 Å². The van der Waals surface area contributed by atoms with Gasteiger partial charge in [-0.05, 0) is 12.1 Å². The van der Waals surface area contributed by atoms with Gasteiger partial charge in [-0.1, -0.05) is 0 Å². The van der Waals surface area contributed by atoms with Crippen LogP contribution in [0.5, 0.6) is 34.5 Å². The van der Waals surface area contributed by atoms with Gasteiger partial charge in [0.05, 0.1) is 18.7 Å². The molecule has 13 nitrogen and oxygen atoms in total. The number of carbonyl (C=O) groups is 1. The summed E-state index contributed by atoms with van der Waals surface area (Å²) >= 11 is 0. The Balaban J connectivity index is 1.73.